The first kappa shape index (κ1) is 16.3. The van der Waals surface area contributed by atoms with E-state index in [2.05, 4.69) is 5.32 Å². The van der Waals surface area contributed by atoms with Crippen LogP contribution in [0.5, 0.6) is 0 Å². The summed E-state index contributed by atoms with van der Waals surface area (Å²) in [7, 11) is -3.36. The smallest absolute Gasteiger partial charge is 0.319 e. The zero-order chi connectivity index (χ0) is 16.7. The first-order chi connectivity index (χ1) is 10.0. The highest BCUT2D eigenvalue weighted by atomic mass is 32.2. The fraction of sp³-hybridized carbons (Fsp3) is 0.385. The van der Waals surface area contributed by atoms with Gasteiger partial charge in [-0.15, -0.1) is 0 Å². The molecule has 0 spiro atoms. The van der Waals surface area contributed by atoms with Gasteiger partial charge in [0.15, 0.2) is 11.6 Å². The average molecular weight is 332 g/mol. The van der Waals surface area contributed by atoms with Gasteiger partial charge in [-0.3, -0.25) is 9.69 Å². The number of halogens is 2. The molecule has 1 aliphatic rings. The Morgan fingerprint density at radius 1 is 1.23 bits per heavy atom. The van der Waals surface area contributed by atoms with E-state index in [1.807, 2.05) is 0 Å². The van der Waals surface area contributed by atoms with Crippen LogP contribution in [0.25, 0.3) is 0 Å². The van der Waals surface area contributed by atoms with Crippen molar-refractivity contribution in [1.82, 2.24) is 10.2 Å². The molecule has 0 unspecified atom stereocenters. The number of imide groups is 1. The Kier molecular flexibility index (Phi) is 3.94. The monoisotopic (exact) mass is 332 g/mol. The Hall–Kier alpha value is -2.03. The second-order valence-corrected chi connectivity index (χ2v) is 7.53. The van der Waals surface area contributed by atoms with Crippen LogP contribution in [0.1, 0.15) is 12.5 Å². The van der Waals surface area contributed by atoms with E-state index in [-0.39, 0.29) is 17.9 Å². The summed E-state index contributed by atoms with van der Waals surface area (Å²) in [6, 6.07) is 2.10. The van der Waals surface area contributed by atoms with Crippen LogP contribution in [0.4, 0.5) is 13.6 Å². The second kappa shape index (κ2) is 5.31. The maximum absolute atomic E-state index is 13.3. The number of urea groups is 1. The summed E-state index contributed by atoms with van der Waals surface area (Å²) < 4.78 is 48.6. The minimum absolute atomic E-state index is 0.0756. The van der Waals surface area contributed by atoms with Gasteiger partial charge >= 0.3 is 6.03 Å². The number of sulfone groups is 1. The number of amides is 3. The highest BCUT2D eigenvalue weighted by Crippen LogP contribution is 2.29. The van der Waals surface area contributed by atoms with Crippen LogP contribution in [-0.4, -0.2) is 43.8 Å². The molecule has 1 heterocycles. The van der Waals surface area contributed by atoms with Crippen LogP contribution in [0.2, 0.25) is 0 Å². The van der Waals surface area contributed by atoms with Gasteiger partial charge in [-0.25, -0.2) is 22.0 Å². The Morgan fingerprint density at radius 3 is 2.41 bits per heavy atom. The molecule has 1 saturated heterocycles. The van der Waals surface area contributed by atoms with Gasteiger partial charge in [0.25, 0.3) is 5.91 Å². The molecule has 2 rings (SSSR count). The van der Waals surface area contributed by atoms with E-state index in [0.717, 1.165) is 23.3 Å². The SMILES string of the molecule is C[C@]1(c2ccc(F)c(F)c2)NC(=O)N(CCS(C)(=O)=O)C1=O. The lowest BCUT2D eigenvalue weighted by molar-refractivity contribution is -0.130. The van der Waals surface area contributed by atoms with Crippen LogP contribution in [-0.2, 0) is 20.2 Å². The molecule has 0 saturated carbocycles. The van der Waals surface area contributed by atoms with Crippen molar-refractivity contribution in [3.8, 4) is 0 Å². The third-order valence-electron chi connectivity index (χ3n) is 3.46. The number of nitrogens with zero attached hydrogens (tertiary/aromatic N) is 1. The third kappa shape index (κ3) is 2.94. The van der Waals surface area contributed by atoms with Gasteiger partial charge in [0.2, 0.25) is 0 Å². The van der Waals surface area contributed by atoms with E-state index < -0.39 is 38.9 Å². The van der Waals surface area contributed by atoms with Crippen molar-refractivity contribution in [1.29, 1.82) is 0 Å². The summed E-state index contributed by atoms with van der Waals surface area (Å²) in [6.07, 6.45) is 0.986. The Balaban J connectivity index is 2.31. The maximum Gasteiger partial charge on any atom is 0.325 e. The van der Waals surface area contributed by atoms with Crippen molar-refractivity contribution in [3.05, 3.63) is 35.4 Å². The minimum Gasteiger partial charge on any atom is -0.319 e. The molecule has 22 heavy (non-hydrogen) atoms. The average Bonchev–Trinajstić information content (AvgIpc) is 2.61. The Morgan fingerprint density at radius 2 is 1.86 bits per heavy atom. The number of carbonyl (C=O) groups excluding carboxylic acids is 2. The van der Waals surface area contributed by atoms with Gasteiger partial charge in [0, 0.05) is 12.8 Å². The van der Waals surface area contributed by atoms with Gasteiger partial charge in [0.1, 0.15) is 15.4 Å². The molecule has 1 fully saturated rings. The van der Waals surface area contributed by atoms with Crippen LogP contribution < -0.4 is 5.32 Å². The van der Waals surface area contributed by atoms with Gasteiger partial charge < -0.3 is 5.32 Å². The number of rotatable bonds is 4. The second-order valence-electron chi connectivity index (χ2n) is 5.27. The van der Waals surface area contributed by atoms with E-state index >= 15 is 0 Å². The minimum atomic E-state index is -3.36. The summed E-state index contributed by atoms with van der Waals surface area (Å²) in [4.78, 5) is 25.0. The third-order valence-corrected chi connectivity index (χ3v) is 4.38. The summed E-state index contributed by atoms with van der Waals surface area (Å²) in [5.74, 6) is -3.31. The van der Waals surface area contributed by atoms with Crippen LogP contribution in [0, 0.1) is 11.6 Å². The molecule has 1 atom stereocenters. The summed E-state index contributed by atoms with van der Waals surface area (Å²) in [6.45, 7) is 1.04. The van der Waals surface area contributed by atoms with E-state index in [1.54, 1.807) is 0 Å². The summed E-state index contributed by atoms with van der Waals surface area (Å²) >= 11 is 0. The predicted octanol–water partition coefficient (Wildman–Crippen LogP) is 0.776. The fourth-order valence-corrected chi connectivity index (χ4v) is 2.67. The largest absolute Gasteiger partial charge is 0.325 e. The van der Waals surface area contributed by atoms with Crippen molar-refractivity contribution < 1.29 is 26.8 Å². The van der Waals surface area contributed by atoms with Crippen molar-refractivity contribution in [2.24, 2.45) is 0 Å². The van der Waals surface area contributed by atoms with Gasteiger partial charge in [-0.1, -0.05) is 6.07 Å². The number of hydrogen-bond acceptors (Lipinski definition) is 4. The Bertz CT molecular complexity index is 750. The lowest BCUT2D eigenvalue weighted by Gasteiger charge is -2.22. The zero-order valence-corrected chi connectivity index (χ0v) is 12.7. The molecular weight excluding hydrogens is 318 g/mol. The predicted molar refractivity (Wildman–Crippen MR) is 73.7 cm³/mol. The highest BCUT2D eigenvalue weighted by molar-refractivity contribution is 7.90. The summed E-state index contributed by atoms with van der Waals surface area (Å²) in [5, 5.41) is 2.38. The Labute approximate surface area is 126 Å². The summed E-state index contributed by atoms with van der Waals surface area (Å²) in [5.41, 5.74) is -1.49. The van der Waals surface area contributed by atoms with Crippen LogP contribution in [0.3, 0.4) is 0 Å². The molecular formula is C13H14F2N2O4S. The van der Waals surface area contributed by atoms with Gasteiger partial charge in [0.05, 0.1) is 5.75 Å². The quantitative estimate of drug-likeness (QED) is 0.826. The molecule has 3 amide bonds. The van der Waals surface area contributed by atoms with Crippen molar-refractivity contribution in [2.45, 2.75) is 12.5 Å². The van der Waals surface area contributed by atoms with Crippen molar-refractivity contribution in [2.75, 3.05) is 18.6 Å². The van der Waals surface area contributed by atoms with Crippen LogP contribution in [0.15, 0.2) is 18.2 Å². The lowest BCUT2D eigenvalue weighted by Crippen LogP contribution is -2.41. The van der Waals surface area contributed by atoms with Crippen molar-refractivity contribution >= 4 is 21.8 Å². The molecule has 0 radical (unpaired) electrons. The molecule has 0 aromatic heterocycles. The maximum atomic E-state index is 13.3. The number of hydrogen-bond donors (Lipinski definition) is 1. The van der Waals surface area contributed by atoms with E-state index in [4.69, 9.17) is 0 Å². The van der Waals surface area contributed by atoms with Crippen molar-refractivity contribution in [3.63, 3.8) is 0 Å². The normalized spacial score (nSPS) is 22.1. The molecule has 0 aliphatic carbocycles. The zero-order valence-electron chi connectivity index (χ0n) is 11.9. The number of carbonyl (C=O) groups is 2. The molecule has 120 valence electrons. The van der Waals surface area contributed by atoms with Gasteiger partial charge in [-0.05, 0) is 24.6 Å². The molecule has 1 N–H and O–H groups in total. The lowest BCUT2D eigenvalue weighted by atomic mass is 9.92. The van der Waals surface area contributed by atoms with E-state index in [1.165, 1.54) is 13.0 Å². The first-order valence-corrected chi connectivity index (χ1v) is 8.38. The molecule has 1 aliphatic heterocycles. The molecule has 9 heteroatoms. The van der Waals surface area contributed by atoms with E-state index in [0.29, 0.717) is 0 Å². The fourth-order valence-electron chi connectivity index (χ4n) is 2.16. The molecule has 6 nitrogen and oxygen atoms in total. The van der Waals surface area contributed by atoms with Crippen LogP contribution >= 0.6 is 0 Å². The van der Waals surface area contributed by atoms with Gasteiger partial charge in [-0.2, -0.15) is 0 Å². The first-order valence-electron chi connectivity index (χ1n) is 6.32. The molecule has 1 aromatic rings. The molecule has 0 bridgehead atoms. The standard InChI is InChI=1S/C13H14F2N2O4S/c1-13(8-3-4-9(14)10(15)7-8)11(18)17(12(19)16-13)5-6-22(2,20)21/h3-4,7H,5-6H2,1-2H3,(H,16,19)/t13-/m1/s1. The topological polar surface area (TPSA) is 83.6 Å². The van der Waals surface area contributed by atoms with E-state index in [9.17, 15) is 26.8 Å². The number of nitrogens with one attached hydrogen (secondary N) is 1. The molecule has 1 aromatic carbocycles. The highest BCUT2D eigenvalue weighted by Gasteiger charge is 2.49. The number of benzene rings is 1.